The Balaban J connectivity index is 0.000000921. The maximum absolute atomic E-state index is 4.21. The van der Waals surface area contributed by atoms with Crippen LogP contribution >= 0.6 is 0 Å². The van der Waals surface area contributed by atoms with Crippen LogP contribution in [0.25, 0.3) is 0 Å². The van der Waals surface area contributed by atoms with Gasteiger partial charge in [-0.1, -0.05) is 39.8 Å². The van der Waals surface area contributed by atoms with Gasteiger partial charge in [-0.15, -0.1) is 0 Å². The second-order valence-electron chi connectivity index (χ2n) is 4.57. The van der Waals surface area contributed by atoms with E-state index < -0.39 is 0 Å². The molecular weight excluding hydrogens is 182 g/mol. The van der Waals surface area contributed by atoms with E-state index in [0.717, 1.165) is 12.0 Å². The molecule has 1 aliphatic rings. The van der Waals surface area contributed by atoms with Crippen molar-refractivity contribution in [3.8, 4) is 0 Å². The van der Waals surface area contributed by atoms with Crippen LogP contribution in [0.4, 0.5) is 0 Å². The Kier molecular flexibility index (Phi) is 7.76. The highest BCUT2D eigenvalue weighted by Gasteiger charge is 2.22. The van der Waals surface area contributed by atoms with E-state index in [1.807, 2.05) is 13.8 Å². The summed E-state index contributed by atoms with van der Waals surface area (Å²) in [7, 11) is 2.07. The molecule has 1 aliphatic carbocycles. The van der Waals surface area contributed by atoms with E-state index in [9.17, 15) is 0 Å². The third-order valence-electron chi connectivity index (χ3n) is 3.40. The van der Waals surface area contributed by atoms with Gasteiger partial charge in [-0.2, -0.15) is 0 Å². The van der Waals surface area contributed by atoms with Crippen molar-refractivity contribution >= 4 is 0 Å². The van der Waals surface area contributed by atoms with Crippen molar-refractivity contribution in [1.82, 2.24) is 5.32 Å². The molecule has 1 saturated carbocycles. The summed E-state index contributed by atoms with van der Waals surface area (Å²) in [6.07, 6.45) is 5.32. The van der Waals surface area contributed by atoms with Crippen molar-refractivity contribution < 1.29 is 0 Å². The van der Waals surface area contributed by atoms with Crippen molar-refractivity contribution in [2.75, 3.05) is 7.05 Å². The average molecular weight is 211 g/mol. The normalized spacial score (nSPS) is 25.7. The molecule has 0 unspecified atom stereocenters. The summed E-state index contributed by atoms with van der Waals surface area (Å²) >= 11 is 0. The highest BCUT2D eigenvalue weighted by atomic mass is 14.9. The summed E-state index contributed by atoms with van der Waals surface area (Å²) in [6.45, 7) is 12.7. The summed E-state index contributed by atoms with van der Waals surface area (Å²) in [5.74, 6) is 1.46. The summed E-state index contributed by atoms with van der Waals surface area (Å²) in [5, 5.41) is 3.36. The number of rotatable bonds is 3. The smallest absolute Gasteiger partial charge is 0.00644 e. The highest BCUT2D eigenvalue weighted by molar-refractivity contribution is 5.05. The Labute approximate surface area is 96.3 Å². The SMILES string of the molecule is C=C(C(C)C)C1CCC(NC)CC1.CC. The van der Waals surface area contributed by atoms with Gasteiger partial charge in [-0.3, -0.25) is 0 Å². The molecule has 0 bridgehead atoms. The van der Waals surface area contributed by atoms with Gasteiger partial charge in [0.25, 0.3) is 0 Å². The number of allylic oxidation sites excluding steroid dienone is 1. The Morgan fingerprint density at radius 2 is 1.60 bits per heavy atom. The van der Waals surface area contributed by atoms with Crippen molar-refractivity contribution in [2.24, 2.45) is 11.8 Å². The molecule has 0 atom stereocenters. The molecule has 0 heterocycles. The van der Waals surface area contributed by atoms with Crippen molar-refractivity contribution in [1.29, 1.82) is 0 Å². The van der Waals surface area contributed by atoms with Crippen molar-refractivity contribution in [3.63, 3.8) is 0 Å². The van der Waals surface area contributed by atoms with Crippen LogP contribution in [0.2, 0.25) is 0 Å². The summed E-state index contributed by atoms with van der Waals surface area (Å²) in [6, 6.07) is 0.760. The van der Waals surface area contributed by atoms with Crippen LogP contribution in [0.5, 0.6) is 0 Å². The molecule has 0 aromatic rings. The first-order chi connectivity index (χ1) is 7.15. The topological polar surface area (TPSA) is 12.0 Å². The van der Waals surface area contributed by atoms with Crippen LogP contribution in [0.1, 0.15) is 53.4 Å². The van der Waals surface area contributed by atoms with E-state index in [1.54, 1.807) is 0 Å². The van der Waals surface area contributed by atoms with E-state index >= 15 is 0 Å². The molecule has 1 N–H and O–H groups in total. The lowest BCUT2D eigenvalue weighted by molar-refractivity contribution is 0.320. The van der Waals surface area contributed by atoms with E-state index in [1.165, 1.54) is 31.3 Å². The number of nitrogens with one attached hydrogen (secondary N) is 1. The summed E-state index contributed by atoms with van der Waals surface area (Å²) in [4.78, 5) is 0. The number of hydrogen-bond acceptors (Lipinski definition) is 1. The molecule has 1 nitrogen and oxygen atoms in total. The third-order valence-corrected chi connectivity index (χ3v) is 3.40. The van der Waals surface area contributed by atoms with Crippen LogP contribution in [-0.2, 0) is 0 Å². The third kappa shape index (κ3) is 4.83. The molecule has 0 aliphatic heterocycles. The van der Waals surface area contributed by atoms with E-state index in [4.69, 9.17) is 0 Å². The second kappa shape index (κ2) is 7.92. The molecule has 1 rings (SSSR count). The van der Waals surface area contributed by atoms with Crippen LogP contribution in [0, 0.1) is 11.8 Å². The zero-order chi connectivity index (χ0) is 11.8. The van der Waals surface area contributed by atoms with E-state index in [0.29, 0.717) is 5.92 Å². The van der Waals surface area contributed by atoms with Crippen molar-refractivity contribution in [2.45, 2.75) is 59.4 Å². The molecule has 0 aromatic carbocycles. The van der Waals surface area contributed by atoms with Crippen LogP contribution in [-0.4, -0.2) is 13.1 Å². The van der Waals surface area contributed by atoms with Gasteiger partial charge in [0, 0.05) is 6.04 Å². The van der Waals surface area contributed by atoms with Gasteiger partial charge in [0.15, 0.2) is 0 Å². The molecule has 0 spiro atoms. The minimum atomic E-state index is 0.663. The van der Waals surface area contributed by atoms with Crippen LogP contribution in [0.3, 0.4) is 0 Å². The predicted molar refractivity (Wildman–Crippen MR) is 70.1 cm³/mol. The fourth-order valence-electron chi connectivity index (χ4n) is 2.22. The maximum Gasteiger partial charge on any atom is 0.00644 e. The largest absolute Gasteiger partial charge is 0.317 e. The molecule has 1 heteroatoms. The Morgan fingerprint density at radius 3 is 1.93 bits per heavy atom. The van der Waals surface area contributed by atoms with Crippen LogP contribution in [0.15, 0.2) is 12.2 Å². The molecular formula is C14H29N. The maximum atomic E-state index is 4.21. The average Bonchev–Trinajstić information content (AvgIpc) is 2.31. The summed E-state index contributed by atoms with van der Waals surface area (Å²) < 4.78 is 0. The first-order valence-electron chi connectivity index (χ1n) is 6.51. The van der Waals surface area contributed by atoms with Gasteiger partial charge >= 0.3 is 0 Å². The van der Waals surface area contributed by atoms with Gasteiger partial charge in [-0.25, -0.2) is 0 Å². The fraction of sp³-hybridized carbons (Fsp3) is 0.857. The van der Waals surface area contributed by atoms with Gasteiger partial charge < -0.3 is 5.32 Å². The predicted octanol–water partition coefficient (Wildman–Crippen LogP) is 4.00. The minimum absolute atomic E-state index is 0.663. The molecule has 0 saturated heterocycles. The first kappa shape index (κ1) is 14.7. The Hall–Kier alpha value is -0.300. The molecule has 1 fully saturated rings. The zero-order valence-electron chi connectivity index (χ0n) is 11.3. The van der Waals surface area contributed by atoms with Crippen LogP contribution < -0.4 is 5.32 Å². The standard InChI is InChI=1S/C12H23N.C2H6/c1-9(2)10(3)11-5-7-12(13-4)8-6-11;1-2/h9,11-13H,3,5-8H2,1-2,4H3;1-2H3. The fourth-order valence-corrected chi connectivity index (χ4v) is 2.22. The first-order valence-corrected chi connectivity index (χ1v) is 6.51. The molecule has 0 radical (unpaired) electrons. The van der Waals surface area contributed by atoms with Crippen molar-refractivity contribution in [3.05, 3.63) is 12.2 Å². The Morgan fingerprint density at radius 1 is 1.13 bits per heavy atom. The molecule has 0 aromatic heterocycles. The zero-order valence-corrected chi connectivity index (χ0v) is 11.3. The van der Waals surface area contributed by atoms with Gasteiger partial charge in [-0.05, 0) is 44.6 Å². The number of hydrogen-bond donors (Lipinski definition) is 1. The lowest BCUT2D eigenvalue weighted by Gasteiger charge is -2.30. The highest BCUT2D eigenvalue weighted by Crippen LogP contribution is 2.32. The minimum Gasteiger partial charge on any atom is -0.317 e. The Bertz CT molecular complexity index is 164. The van der Waals surface area contributed by atoms with Gasteiger partial charge in [0.2, 0.25) is 0 Å². The second-order valence-corrected chi connectivity index (χ2v) is 4.57. The summed E-state index contributed by atoms with van der Waals surface area (Å²) in [5.41, 5.74) is 1.47. The lowest BCUT2D eigenvalue weighted by atomic mass is 9.78. The molecule has 0 amide bonds. The lowest BCUT2D eigenvalue weighted by Crippen LogP contribution is -2.30. The van der Waals surface area contributed by atoms with E-state index in [2.05, 4.69) is 32.8 Å². The molecule has 90 valence electrons. The van der Waals surface area contributed by atoms with E-state index in [-0.39, 0.29) is 0 Å². The quantitative estimate of drug-likeness (QED) is 0.696. The monoisotopic (exact) mass is 211 g/mol. The molecule has 15 heavy (non-hydrogen) atoms. The van der Waals surface area contributed by atoms with Gasteiger partial charge in [0.1, 0.15) is 0 Å². The van der Waals surface area contributed by atoms with Gasteiger partial charge in [0.05, 0.1) is 0 Å².